The summed E-state index contributed by atoms with van der Waals surface area (Å²) < 4.78 is 0. The van der Waals surface area contributed by atoms with E-state index in [1.165, 1.54) is 0 Å². The highest BCUT2D eigenvalue weighted by atomic mass is 16.1. The number of amides is 1. The minimum absolute atomic E-state index is 0.0894. The van der Waals surface area contributed by atoms with Gasteiger partial charge in [0, 0.05) is 12.2 Å². The van der Waals surface area contributed by atoms with E-state index in [4.69, 9.17) is 5.73 Å². The second-order valence-corrected chi connectivity index (χ2v) is 3.81. The van der Waals surface area contributed by atoms with Crippen LogP contribution in [0.3, 0.4) is 0 Å². The smallest absolute Gasteiger partial charge is 0.253 e. The molecule has 0 aromatic heterocycles. The third-order valence-corrected chi connectivity index (χ3v) is 2.51. The van der Waals surface area contributed by atoms with Crippen LogP contribution in [0.25, 0.3) is 0 Å². The fourth-order valence-electron chi connectivity index (χ4n) is 1.21. The summed E-state index contributed by atoms with van der Waals surface area (Å²) in [6, 6.07) is 7.11. The normalized spacial score (nSPS) is 12.1. The molecule has 0 aliphatic carbocycles. The number of hydrogen-bond donors (Lipinski definition) is 2. The molecule has 0 fully saturated rings. The largest absolute Gasteiger partial charge is 0.398 e. The summed E-state index contributed by atoms with van der Waals surface area (Å²) in [7, 11) is 0. The Labute approximate surface area is 90.7 Å². The Morgan fingerprint density at radius 3 is 2.73 bits per heavy atom. The van der Waals surface area contributed by atoms with E-state index in [1.54, 1.807) is 12.1 Å². The van der Waals surface area contributed by atoms with Crippen molar-refractivity contribution < 1.29 is 4.79 Å². The Morgan fingerprint density at radius 1 is 1.47 bits per heavy atom. The maximum atomic E-state index is 11.7. The van der Waals surface area contributed by atoms with Gasteiger partial charge in [-0.1, -0.05) is 32.4 Å². The number of para-hydroxylation sites is 1. The summed E-state index contributed by atoms with van der Waals surface area (Å²) in [5.41, 5.74) is 6.78. The predicted octanol–water partition coefficient (Wildman–Crippen LogP) is 2.04. The molecule has 1 aromatic carbocycles. The zero-order chi connectivity index (χ0) is 11.3. The average molecular weight is 206 g/mol. The van der Waals surface area contributed by atoms with E-state index in [-0.39, 0.29) is 5.91 Å². The highest BCUT2D eigenvalue weighted by Crippen LogP contribution is 2.10. The maximum Gasteiger partial charge on any atom is 0.253 e. The van der Waals surface area contributed by atoms with E-state index in [1.807, 2.05) is 12.1 Å². The maximum absolute atomic E-state index is 11.7. The fourth-order valence-corrected chi connectivity index (χ4v) is 1.21. The first kappa shape index (κ1) is 11.6. The van der Waals surface area contributed by atoms with Gasteiger partial charge in [0.05, 0.1) is 5.56 Å². The van der Waals surface area contributed by atoms with Gasteiger partial charge in [-0.05, 0) is 18.1 Å². The van der Waals surface area contributed by atoms with E-state index in [0.29, 0.717) is 23.7 Å². The van der Waals surface area contributed by atoms with Crippen molar-refractivity contribution in [2.24, 2.45) is 5.92 Å². The first-order valence-corrected chi connectivity index (χ1v) is 5.27. The topological polar surface area (TPSA) is 55.1 Å². The van der Waals surface area contributed by atoms with Crippen molar-refractivity contribution in [2.75, 3.05) is 12.3 Å². The van der Waals surface area contributed by atoms with Gasteiger partial charge in [-0.3, -0.25) is 4.79 Å². The van der Waals surface area contributed by atoms with Crippen molar-refractivity contribution >= 4 is 11.6 Å². The molecule has 0 radical (unpaired) electrons. The number of carbonyl (C=O) groups excluding carboxylic acids is 1. The molecule has 1 atom stereocenters. The quantitative estimate of drug-likeness (QED) is 0.741. The lowest BCUT2D eigenvalue weighted by Crippen LogP contribution is -2.28. The molecule has 3 N–H and O–H groups in total. The Kier molecular flexibility index (Phi) is 4.16. The lowest BCUT2D eigenvalue weighted by atomic mass is 10.1. The van der Waals surface area contributed by atoms with Crippen LogP contribution < -0.4 is 11.1 Å². The summed E-state index contributed by atoms with van der Waals surface area (Å²) in [6.45, 7) is 4.91. The van der Waals surface area contributed by atoms with Gasteiger partial charge in [0.15, 0.2) is 0 Å². The minimum atomic E-state index is -0.0894. The summed E-state index contributed by atoms with van der Waals surface area (Å²) in [4.78, 5) is 11.7. The van der Waals surface area contributed by atoms with Crippen LogP contribution in [0.2, 0.25) is 0 Å². The lowest BCUT2D eigenvalue weighted by molar-refractivity contribution is 0.0948. The number of anilines is 1. The molecule has 0 bridgehead atoms. The van der Waals surface area contributed by atoms with Gasteiger partial charge in [0.1, 0.15) is 0 Å². The molecule has 0 heterocycles. The standard InChI is InChI=1S/C12H18N2O/c1-3-9(2)8-14-12(15)10-6-4-5-7-11(10)13/h4-7,9H,3,8,13H2,1-2H3,(H,14,15). The summed E-state index contributed by atoms with van der Waals surface area (Å²) in [6.07, 6.45) is 1.06. The molecule has 1 amide bonds. The van der Waals surface area contributed by atoms with Crippen molar-refractivity contribution in [3.63, 3.8) is 0 Å². The molecular weight excluding hydrogens is 188 g/mol. The zero-order valence-electron chi connectivity index (χ0n) is 9.29. The van der Waals surface area contributed by atoms with Crippen LogP contribution in [0.4, 0.5) is 5.69 Å². The number of benzene rings is 1. The minimum Gasteiger partial charge on any atom is -0.398 e. The molecule has 3 heteroatoms. The van der Waals surface area contributed by atoms with E-state index < -0.39 is 0 Å². The van der Waals surface area contributed by atoms with E-state index in [9.17, 15) is 4.79 Å². The molecular formula is C12H18N2O. The number of nitrogens with one attached hydrogen (secondary N) is 1. The SMILES string of the molecule is CCC(C)CNC(=O)c1ccccc1N. The summed E-state index contributed by atoms with van der Waals surface area (Å²) in [5.74, 6) is 0.410. The molecule has 0 aliphatic heterocycles. The van der Waals surface area contributed by atoms with Gasteiger partial charge in [0.2, 0.25) is 0 Å². The molecule has 15 heavy (non-hydrogen) atoms. The van der Waals surface area contributed by atoms with Gasteiger partial charge < -0.3 is 11.1 Å². The van der Waals surface area contributed by atoms with Crippen LogP contribution in [-0.2, 0) is 0 Å². The predicted molar refractivity (Wildman–Crippen MR) is 62.6 cm³/mol. The Morgan fingerprint density at radius 2 is 2.13 bits per heavy atom. The molecule has 0 saturated carbocycles. The van der Waals surface area contributed by atoms with Crippen LogP contribution >= 0.6 is 0 Å². The number of nitrogen functional groups attached to an aromatic ring is 1. The average Bonchev–Trinajstić information content (AvgIpc) is 2.26. The molecule has 1 unspecified atom stereocenters. The molecule has 3 nitrogen and oxygen atoms in total. The Hall–Kier alpha value is -1.51. The third-order valence-electron chi connectivity index (χ3n) is 2.51. The van der Waals surface area contributed by atoms with Gasteiger partial charge >= 0.3 is 0 Å². The fraction of sp³-hybridized carbons (Fsp3) is 0.417. The highest BCUT2D eigenvalue weighted by Gasteiger charge is 2.08. The molecule has 0 saturated heterocycles. The first-order valence-electron chi connectivity index (χ1n) is 5.27. The van der Waals surface area contributed by atoms with Gasteiger partial charge in [-0.25, -0.2) is 0 Å². The third kappa shape index (κ3) is 3.27. The van der Waals surface area contributed by atoms with Crippen LogP contribution in [0.15, 0.2) is 24.3 Å². The van der Waals surface area contributed by atoms with Crippen LogP contribution in [0.1, 0.15) is 30.6 Å². The van der Waals surface area contributed by atoms with Gasteiger partial charge in [0.25, 0.3) is 5.91 Å². The van der Waals surface area contributed by atoms with Crippen molar-refractivity contribution in [2.45, 2.75) is 20.3 Å². The summed E-state index contributed by atoms with van der Waals surface area (Å²) in [5, 5.41) is 2.87. The zero-order valence-corrected chi connectivity index (χ0v) is 9.29. The van der Waals surface area contributed by atoms with E-state index in [0.717, 1.165) is 6.42 Å². The van der Waals surface area contributed by atoms with Gasteiger partial charge in [-0.2, -0.15) is 0 Å². The molecule has 1 rings (SSSR count). The van der Waals surface area contributed by atoms with Crippen LogP contribution in [-0.4, -0.2) is 12.5 Å². The number of carbonyl (C=O) groups is 1. The van der Waals surface area contributed by atoms with Crippen molar-refractivity contribution in [1.82, 2.24) is 5.32 Å². The number of hydrogen-bond acceptors (Lipinski definition) is 2. The first-order chi connectivity index (χ1) is 7.15. The Balaban J connectivity index is 2.58. The van der Waals surface area contributed by atoms with Crippen molar-refractivity contribution in [1.29, 1.82) is 0 Å². The van der Waals surface area contributed by atoms with Crippen LogP contribution in [0, 0.1) is 5.92 Å². The van der Waals surface area contributed by atoms with Crippen molar-refractivity contribution in [3.8, 4) is 0 Å². The van der Waals surface area contributed by atoms with Crippen molar-refractivity contribution in [3.05, 3.63) is 29.8 Å². The van der Waals surface area contributed by atoms with E-state index in [2.05, 4.69) is 19.2 Å². The summed E-state index contributed by atoms with van der Waals surface area (Å²) >= 11 is 0. The lowest BCUT2D eigenvalue weighted by Gasteiger charge is -2.11. The second kappa shape index (κ2) is 5.39. The van der Waals surface area contributed by atoms with E-state index >= 15 is 0 Å². The number of nitrogens with two attached hydrogens (primary N) is 1. The Bertz CT molecular complexity index is 336. The molecule has 0 spiro atoms. The second-order valence-electron chi connectivity index (χ2n) is 3.81. The van der Waals surface area contributed by atoms with Gasteiger partial charge in [-0.15, -0.1) is 0 Å². The highest BCUT2D eigenvalue weighted by molar-refractivity contribution is 5.99. The molecule has 1 aromatic rings. The molecule has 0 aliphatic rings. The number of rotatable bonds is 4. The van der Waals surface area contributed by atoms with Crippen LogP contribution in [0.5, 0.6) is 0 Å². The molecule has 82 valence electrons. The monoisotopic (exact) mass is 206 g/mol.